The van der Waals surface area contributed by atoms with E-state index in [-0.39, 0.29) is 11.9 Å². The third-order valence-electron chi connectivity index (χ3n) is 4.09. The van der Waals surface area contributed by atoms with Gasteiger partial charge >= 0.3 is 5.97 Å². The summed E-state index contributed by atoms with van der Waals surface area (Å²) in [6.07, 6.45) is 2.34. The van der Waals surface area contributed by atoms with Crippen molar-refractivity contribution in [2.75, 3.05) is 13.2 Å². The number of hydrogen-bond acceptors (Lipinski definition) is 4. The Labute approximate surface area is 130 Å². The zero-order valence-electron chi connectivity index (χ0n) is 13.0. The monoisotopic (exact) mass is 300 g/mol. The molecule has 22 heavy (non-hydrogen) atoms. The molecule has 1 heterocycles. The third-order valence-corrected chi connectivity index (χ3v) is 4.09. The van der Waals surface area contributed by atoms with Crippen molar-refractivity contribution in [3.63, 3.8) is 0 Å². The number of ether oxygens (including phenoxy) is 1. The lowest BCUT2D eigenvalue weighted by Gasteiger charge is -2.42. The van der Waals surface area contributed by atoms with Gasteiger partial charge in [-0.1, -0.05) is 6.07 Å². The molecule has 0 N–H and O–H groups in total. The van der Waals surface area contributed by atoms with Gasteiger partial charge < -0.3 is 9.64 Å². The van der Waals surface area contributed by atoms with E-state index in [1.54, 1.807) is 43.0 Å². The predicted molar refractivity (Wildman–Crippen MR) is 81.1 cm³/mol. The molecule has 0 radical (unpaired) electrons. The standard InChI is InChI=1S/C17H20N2O3/c1-3-22-16(21)17(2)9-4-5-10-19(17)15(20)14-8-6-7-13(11-14)12-18/h6-8,11H,3-5,9-10H2,1-2H3. The molecule has 1 aliphatic rings. The zero-order chi connectivity index (χ0) is 16.2. The van der Waals surface area contributed by atoms with E-state index in [9.17, 15) is 9.59 Å². The van der Waals surface area contributed by atoms with Gasteiger partial charge in [0, 0.05) is 12.1 Å². The highest BCUT2D eigenvalue weighted by atomic mass is 16.5. The van der Waals surface area contributed by atoms with Gasteiger partial charge in [0.15, 0.2) is 0 Å². The minimum atomic E-state index is -0.937. The van der Waals surface area contributed by atoms with Gasteiger partial charge in [-0.2, -0.15) is 5.26 Å². The van der Waals surface area contributed by atoms with Gasteiger partial charge in [-0.25, -0.2) is 4.79 Å². The second-order valence-corrected chi connectivity index (χ2v) is 5.60. The van der Waals surface area contributed by atoms with Crippen molar-refractivity contribution in [2.24, 2.45) is 0 Å². The molecule has 1 unspecified atom stereocenters. The summed E-state index contributed by atoms with van der Waals surface area (Å²) in [6, 6.07) is 8.58. The van der Waals surface area contributed by atoms with Crippen LogP contribution in [0, 0.1) is 11.3 Å². The number of esters is 1. The fourth-order valence-electron chi connectivity index (χ4n) is 2.82. The number of piperidine rings is 1. The second-order valence-electron chi connectivity index (χ2n) is 5.60. The number of carbonyl (C=O) groups excluding carboxylic acids is 2. The maximum atomic E-state index is 12.8. The van der Waals surface area contributed by atoms with Gasteiger partial charge in [0.25, 0.3) is 5.91 Å². The summed E-state index contributed by atoms with van der Waals surface area (Å²) in [5, 5.41) is 8.97. The number of carbonyl (C=O) groups is 2. The fourth-order valence-corrected chi connectivity index (χ4v) is 2.82. The van der Waals surface area contributed by atoms with E-state index in [4.69, 9.17) is 10.00 Å². The van der Waals surface area contributed by atoms with Crippen molar-refractivity contribution in [3.05, 3.63) is 35.4 Å². The van der Waals surface area contributed by atoms with Gasteiger partial charge in [0.2, 0.25) is 0 Å². The van der Waals surface area contributed by atoms with Crippen molar-refractivity contribution < 1.29 is 14.3 Å². The summed E-state index contributed by atoms with van der Waals surface area (Å²) >= 11 is 0. The minimum absolute atomic E-state index is 0.229. The molecule has 1 amide bonds. The number of rotatable bonds is 3. The molecule has 1 aromatic carbocycles. The van der Waals surface area contributed by atoms with E-state index in [1.807, 2.05) is 6.07 Å². The number of benzene rings is 1. The topological polar surface area (TPSA) is 70.4 Å². The Bertz CT molecular complexity index is 621. The van der Waals surface area contributed by atoms with E-state index < -0.39 is 5.54 Å². The fraction of sp³-hybridized carbons (Fsp3) is 0.471. The molecule has 1 fully saturated rings. The average molecular weight is 300 g/mol. The van der Waals surface area contributed by atoms with Crippen molar-refractivity contribution in [3.8, 4) is 6.07 Å². The third kappa shape index (κ3) is 2.96. The van der Waals surface area contributed by atoms with E-state index in [0.29, 0.717) is 30.7 Å². The van der Waals surface area contributed by atoms with Gasteiger partial charge in [-0.05, 0) is 51.3 Å². The van der Waals surface area contributed by atoms with Crippen LogP contribution in [0.3, 0.4) is 0 Å². The Balaban J connectivity index is 2.32. The first-order valence-electron chi connectivity index (χ1n) is 7.52. The molecule has 0 aromatic heterocycles. The lowest BCUT2D eigenvalue weighted by Crippen LogP contribution is -2.58. The number of likely N-dealkylation sites (tertiary alicyclic amines) is 1. The van der Waals surface area contributed by atoms with Crippen LogP contribution in [0.15, 0.2) is 24.3 Å². The molecule has 5 heteroatoms. The smallest absolute Gasteiger partial charge is 0.331 e. The molecule has 116 valence electrons. The van der Waals surface area contributed by atoms with Crippen LogP contribution in [0.2, 0.25) is 0 Å². The van der Waals surface area contributed by atoms with Crippen LogP contribution in [0.25, 0.3) is 0 Å². The van der Waals surface area contributed by atoms with Crippen LogP contribution < -0.4 is 0 Å². The van der Waals surface area contributed by atoms with Crippen LogP contribution in [0.1, 0.15) is 49.0 Å². The molecular formula is C17H20N2O3. The average Bonchev–Trinajstić information content (AvgIpc) is 2.55. The van der Waals surface area contributed by atoms with Crippen molar-refractivity contribution in [1.29, 1.82) is 5.26 Å². The Morgan fingerprint density at radius 2 is 2.18 bits per heavy atom. The molecule has 0 saturated carbocycles. The first-order chi connectivity index (χ1) is 10.5. The Morgan fingerprint density at radius 1 is 1.41 bits per heavy atom. The van der Waals surface area contributed by atoms with Crippen molar-refractivity contribution in [1.82, 2.24) is 4.90 Å². The van der Waals surface area contributed by atoms with Crippen LogP contribution >= 0.6 is 0 Å². The SMILES string of the molecule is CCOC(=O)C1(C)CCCCN1C(=O)c1cccc(C#N)c1. The van der Waals surface area contributed by atoms with E-state index in [0.717, 1.165) is 12.8 Å². The molecule has 5 nitrogen and oxygen atoms in total. The number of nitrogens with zero attached hydrogens (tertiary/aromatic N) is 2. The summed E-state index contributed by atoms with van der Waals surface area (Å²) < 4.78 is 5.16. The summed E-state index contributed by atoms with van der Waals surface area (Å²) in [5.74, 6) is -0.591. The molecule has 0 bridgehead atoms. The van der Waals surface area contributed by atoms with Crippen LogP contribution in [-0.4, -0.2) is 35.5 Å². The first-order valence-corrected chi connectivity index (χ1v) is 7.52. The largest absolute Gasteiger partial charge is 0.464 e. The molecular weight excluding hydrogens is 280 g/mol. The highest BCUT2D eigenvalue weighted by Gasteiger charge is 2.45. The van der Waals surface area contributed by atoms with Crippen LogP contribution in [0.4, 0.5) is 0 Å². The number of hydrogen-bond donors (Lipinski definition) is 0. The lowest BCUT2D eigenvalue weighted by molar-refractivity contribution is -0.157. The summed E-state index contributed by atoms with van der Waals surface area (Å²) in [5.41, 5.74) is -0.0780. The first kappa shape index (κ1) is 16.0. The lowest BCUT2D eigenvalue weighted by atomic mass is 9.87. The normalized spacial score (nSPS) is 21.0. The van der Waals surface area contributed by atoms with Gasteiger partial charge in [0.1, 0.15) is 5.54 Å². The molecule has 2 rings (SSSR count). The summed E-state index contributed by atoms with van der Waals surface area (Å²) in [7, 11) is 0. The second kappa shape index (κ2) is 6.61. The van der Waals surface area contributed by atoms with Crippen LogP contribution in [-0.2, 0) is 9.53 Å². The Morgan fingerprint density at radius 3 is 2.86 bits per heavy atom. The maximum Gasteiger partial charge on any atom is 0.331 e. The van der Waals surface area contributed by atoms with E-state index >= 15 is 0 Å². The Kier molecular flexibility index (Phi) is 4.81. The zero-order valence-corrected chi connectivity index (χ0v) is 13.0. The van der Waals surface area contributed by atoms with E-state index in [1.165, 1.54) is 0 Å². The number of nitriles is 1. The summed E-state index contributed by atoms with van der Waals surface area (Å²) in [4.78, 5) is 26.7. The molecule has 0 aliphatic carbocycles. The minimum Gasteiger partial charge on any atom is -0.464 e. The molecule has 1 aromatic rings. The van der Waals surface area contributed by atoms with Crippen molar-refractivity contribution >= 4 is 11.9 Å². The predicted octanol–water partition coefficient (Wildman–Crippen LogP) is 2.51. The highest BCUT2D eigenvalue weighted by Crippen LogP contribution is 2.31. The Hall–Kier alpha value is -2.35. The van der Waals surface area contributed by atoms with Gasteiger partial charge in [0.05, 0.1) is 18.2 Å². The van der Waals surface area contributed by atoms with Crippen LogP contribution in [0.5, 0.6) is 0 Å². The maximum absolute atomic E-state index is 12.8. The van der Waals surface area contributed by atoms with Crippen molar-refractivity contribution in [2.45, 2.75) is 38.6 Å². The summed E-state index contributed by atoms with van der Waals surface area (Å²) in [6.45, 7) is 4.33. The molecule has 1 atom stereocenters. The van der Waals surface area contributed by atoms with E-state index in [2.05, 4.69) is 0 Å². The molecule has 1 saturated heterocycles. The quantitative estimate of drug-likeness (QED) is 0.804. The molecule has 0 spiro atoms. The molecule has 1 aliphatic heterocycles. The highest BCUT2D eigenvalue weighted by molar-refractivity contribution is 5.98. The number of amides is 1. The van der Waals surface area contributed by atoms with Gasteiger partial charge in [-0.3, -0.25) is 4.79 Å². The van der Waals surface area contributed by atoms with Gasteiger partial charge in [-0.15, -0.1) is 0 Å².